The molecule has 0 aliphatic rings. The smallest absolute Gasteiger partial charge is 0.392 e. The van der Waals surface area contributed by atoms with E-state index in [1.54, 1.807) is 0 Å². The molecular formula is C7H8BrF3N4O. The van der Waals surface area contributed by atoms with Gasteiger partial charge in [-0.05, 0) is 15.9 Å². The molecule has 0 spiro atoms. The monoisotopic (exact) mass is 300 g/mol. The third-order valence-electron chi connectivity index (χ3n) is 1.47. The van der Waals surface area contributed by atoms with E-state index in [1.165, 1.54) is 6.20 Å². The first-order chi connectivity index (χ1) is 7.42. The van der Waals surface area contributed by atoms with E-state index < -0.39 is 19.2 Å². The Labute approximate surface area is 97.3 Å². The van der Waals surface area contributed by atoms with Crippen molar-refractivity contribution in [2.45, 2.75) is 12.6 Å². The second-order valence-corrected chi connectivity index (χ2v) is 3.56. The Morgan fingerprint density at radius 1 is 1.50 bits per heavy atom. The molecule has 90 valence electrons. The maximum absolute atomic E-state index is 11.8. The molecule has 0 radical (unpaired) electrons. The minimum absolute atomic E-state index is 0.00667. The van der Waals surface area contributed by atoms with Gasteiger partial charge in [0.05, 0.1) is 23.7 Å². The van der Waals surface area contributed by atoms with Crippen LogP contribution in [0.3, 0.4) is 0 Å². The summed E-state index contributed by atoms with van der Waals surface area (Å²) in [6.07, 6.45) is -3.98. The lowest BCUT2D eigenvalue weighted by Gasteiger charge is -2.09. The lowest BCUT2D eigenvalue weighted by atomic mass is 10.4. The first-order valence-corrected chi connectivity index (χ1v) is 4.90. The largest absolute Gasteiger partial charge is 0.476 e. The minimum atomic E-state index is -4.26. The van der Waals surface area contributed by atoms with Gasteiger partial charge in [-0.15, -0.1) is 0 Å². The maximum atomic E-state index is 11.8. The van der Waals surface area contributed by atoms with E-state index in [9.17, 15) is 13.2 Å². The number of hydrazine groups is 1. The van der Waals surface area contributed by atoms with Crippen LogP contribution in [0.1, 0.15) is 6.42 Å². The van der Waals surface area contributed by atoms with Crippen molar-refractivity contribution in [2.24, 2.45) is 5.84 Å². The highest BCUT2D eigenvalue weighted by Crippen LogP contribution is 2.24. The number of nitrogen functional groups attached to an aromatic ring is 1. The summed E-state index contributed by atoms with van der Waals surface area (Å²) in [6.45, 7) is -0.511. The molecule has 5 nitrogen and oxygen atoms in total. The van der Waals surface area contributed by atoms with Crippen molar-refractivity contribution in [1.29, 1.82) is 0 Å². The summed E-state index contributed by atoms with van der Waals surface area (Å²) >= 11 is 3.04. The summed E-state index contributed by atoms with van der Waals surface area (Å²) in [6, 6.07) is 0. The number of ether oxygens (including phenoxy) is 1. The number of nitrogens with one attached hydrogen (secondary N) is 1. The number of anilines is 1. The van der Waals surface area contributed by atoms with Crippen molar-refractivity contribution in [3.05, 3.63) is 10.7 Å². The molecule has 1 aromatic heterocycles. The van der Waals surface area contributed by atoms with Gasteiger partial charge < -0.3 is 4.74 Å². The zero-order valence-electron chi connectivity index (χ0n) is 7.88. The third-order valence-corrected chi connectivity index (χ3v) is 2.01. The quantitative estimate of drug-likeness (QED) is 0.656. The average Bonchev–Trinajstić information content (AvgIpc) is 2.19. The Morgan fingerprint density at radius 2 is 2.19 bits per heavy atom. The molecule has 9 heteroatoms. The molecule has 0 unspecified atom stereocenters. The molecule has 0 atom stereocenters. The molecule has 0 aliphatic heterocycles. The Kier molecular flexibility index (Phi) is 4.30. The summed E-state index contributed by atoms with van der Waals surface area (Å²) < 4.78 is 40.7. The Morgan fingerprint density at radius 3 is 2.75 bits per heavy atom. The van der Waals surface area contributed by atoms with Gasteiger partial charge in [0.1, 0.15) is 0 Å². The molecule has 0 saturated carbocycles. The lowest BCUT2D eigenvalue weighted by Crippen LogP contribution is -2.15. The highest BCUT2D eigenvalue weighted by atomic mass is 79.9. The van der Waals surface area contributed by atoms with Crippen molar-refractivity contribution in [1.82, 2.24) is 9.97 Å². The third kappa shape index (κ3) is 4.19. The van der Waals surface area contributed by atoms with Crippen LogP contribution in [0.4, 0.5) is 19.1 Å². The number of hydrogen-bond donors (Lipinski definition) is 2. The second kappa shape index (κ2) is 5.30. The van der Waals surface area contributed by atoms with Gasteiger partial charge in [0, 0.05) is 0 Å². The van der Waals surface area contributed by atoms with Crippen LogP contribution in [0.25, 0.3) is 0 Å². The van der Waals surface area contributed by atoms with Crippen molar-refractivity contribution in [3.63, 3.8) is 0 Å². The Balaban J connectivity index is 2.59. The summed E-state index contributed by atoms with van der Waals surface area (Å²) in [5, 5.41) is 0. The highest BCUT2D eigenvalue weighted by molar-refractivity contribution is 9.10. The summed E-state index contributed by atoms with van der Waals surface area (Å²) in [4.78, 5) is 7.44. The Bertz CT molecular complexity index is 360. The van der Waals surface area contributed by atoms with Gasteiger partial charge >= 0.3 is 6.18 Å². The fourth-order valence-electron chi connectivity index (χ4n) is 0.786. The van der Waals surface area contributed by atoms with Crippen molar-refractivity contribution < 1.29 is 17.9 Å². The van der Waals surface area contributed by atoms with E-state index in [-0.39, 0.29) is 11.8 Å². The molecule has 16 heavy (non-hydrogen) atoms. The fraction of sp³-hybridized carbons (Fsp3) is 0.429. The first-order valence-electron chi connectivity index (χ1n) is 4.11. The molecule has 0 aromatic carbocycles. The van der Waals surface area contributed by atoms with Gasteiger partial charge in [0.15, 0.2) is 0 Å². The van der Waals surface area contributed by atoms with Gasteiger partial charge in [0.25, 0.3) is 0 Å². The molecule has 0 fully saturated rings. The normalized spacial score (nSPS) is 11.3. The standard InChI is InChI=1S/C7H8BrF3N4O/c8-4-3-13-6(15-12)14-5(4)16-2-1-7(9,10)11/h3H,1-2,12H2,(H,13,14,15). The number of aromatic nitrogens is 2. The molecule has 1 aromatic rings. The minimum Gasteiger partial charge on any atom is -0.476 e. The molecule has 0 amide bonds. The number of rotatable bonds is 4. The van der Waals surface area contributed by atoms with E-state index in [1.807, 2.05) is 0 Å². The lowest BCUT2D eigenvalue weighted by molar-refractivity contribution is -0.139. The predicted octanol–water partition coefficient (Wildman–Crippen LogP) is 1.86. The number of nitrogens with two attached hydrogens (primary N) is 1. The van der Waals surface area contributed by atoms with Crippen molar-refractivity contribution >= 4 is 21.9 Å². The summed E-state index contributed by atoms with van der Waals surface area (Å²) in [5.74, 6) is 5.11. The van der Waals surface area contributed by atoms with Gasteiger partial charge in [-0.1, -0.05) is 0 Å². The summed E-state index contributed by atoms with van der Waals surface area (Å²) in [5.41, 5.74) is 2.16. The zero-order valence-corrected chi connectivity index (χ0v) is 9.47. The van der Waals surface area contributed by atoms with Crippen LogP contribution < -0.4 is 16.0 Å². The average molecular weight is 301 g/mol. The number of hydrogen-bond acceptors (Lipinski definition) is 5. The van der Waals surface area contributed by atoms with Gasteiger partial charge in [0.2, 0.25) is 11.8 Å². The van der Waals surface area contributed by atoms with Crippen LogP contribution in [-0.2, 0) is 0 Å². The zero-order chi connectivity index (χ0) is 12.2. The second-order valence-electron chi connectivity index (χ2n) is 2.70. The van der Waals surface area contributed by atoms with Crippen LogP contribution >= 0.6 is 15.9 Å². The van der Waals surface area contributed by atoms with Gasteiger partial charge in [-0.3, -0.25) is 5.43 Å². The fourth-order valence-corrected chi connectivity index (χ4v) is 1.09. The van der Waals surface area contributed by atoms with E-state index in [2.05, 4.69) is 31.3 Å². The molecule has 3 N–H and O–H groups in total. The summed E-state index contributed by atoms with van der Waals surface area (Å²) in [7, 11) is 0. The van der Waals surface area contributed by atoms with Crippen LogP contribution in [0, 0.1) is 0 Å². The van der Waals surface area contributed by atoms with E-state index >= 15 is 0 Å². The molecule has 1 heterocycles. The maximum Gasteiger partial charge on any atom is 0.392 e. The number of halogens is 4. The number of nitrogens with zero attached hydrogens (tertiary/aromatic N) is 2. The van der Waals surface area contributed by atoms with Crippen LogP contribution in [0.15, 0.2) is 10.7 Å². The number of alkyl halides is 3. The van der Waals surface area contributed by atoms with Crippen LogP contribution in [0.5, 0.6) is 5.88 Å². The predicted molar refractivity (Wildman–Crippen MR) is 53.7 cm³/mol. The van der Waals surface area contributed by atoms with E-state index in [0.29, 0.717) is 4.47 Å². The molecule has 0 saturated heterocycles. The van der Waals surface area contributed by atoms with Crippen LogP contribution in [0.2, 0.25) is 0 Å². The Hall–Kier alpha value is -1.09. The topological polar surface area (TPSA) is 73.1 Å². The SMILES string of the molecule is NNc1ncc(Br)c(OCCC(F)(F)F)n1. The van der Waals surface area contributed by atoms with E-state index in [4.69, 9.17) is 10.6 Å². The van der Waals surface area contributed by atoms with Gasteiger partial charge in [-0.2, -0.15) is 18.2 Å². The van der Waals surface area contributed by atoms with Crippen LogP contribution in [-0.4, -0.2) is 22.8 Å². The van der Waals surface area contributed by atoms with Crippen molar-refractivity contribution in [2.75, 3.05) is 12.0 Å². The molecule has 0 aliphatic carbocycles. The van der Waals surface area contributed by atoms with Crippen molar-refractivity contribution in [3.8, 4) is 5.88 Å². The molecule has 0 bridgehead atoms. The highest BCUT2D eigenvalue weighted by Gasteiger charge is 2.27. The molecular weight excluding hydrogens is 293 g/mol. The van der Waals surface area contributed by atoms with E-state index in [0.717, 1.165) is 0 Å². The first kappa shape index (κ1) is 13.0. The van der Waals surface area contributed by atoms with Gasteiger partial charge in [-0.25, -0.2) is 10.8 Å². The molecule has 1 rings (SSSR count).